The van der Waals surface area contributed by atoms with Crippen LogP contribution in [0, 0.1) is 13.8 Å². The predicted molar refractivity (Wildman–Crippen MR) is 136 cm³/mol. The second-order valence-electron chi connectivity index (χ2n) is 8.12. The summed E-state index contributed by atoms with van der Waals surface area (Å²) in [6.45, 7) is 6.29. The Hall–Kier alpha value is -2.45. The third-order valence-corrected chi connectivity index (χ3v) is 8.52. The van der Waals surface area contributed by atoms with Gasteiger partial charge in [-0.15, -0.1) is 0 Å². The Morgan fingerprint density at radius 3 is 2.52 bits per heavy atom. The average Bonchev–Trinajstić information content (AvgIpc) is 3.08. The lowest BCUT2D eigenvalue weighted by Crippen LogP contribution is -2.28. The highest BCUT2D eigenvalue weighted by atomic mass is 35.5. The van der Waals surface area contributed by atoms with Gasteiger partial charge in [-0.1, -0.05) is 71.8 Å². The molecule has 0 aliphatic carbocycles. The van der Waals surface area contributed by atoms with Crippen LogP contribution in [-0.2, 0) is 16.6 Å². The van der Waals surface area contributed by atoms with Gasteiger partial charge in [-0.25, -0.2) is 13.1 Å². The Balaban J connectivity index is 1.66. The van der Waals surface area contributed by atoms with E-state index in [9.17, 15) is 13.2 Å². The third-order valence-electron chi connectivity index (χ3n) is 5.74. The van der Waals surface area contributed by atoms with Crippen molar-refractivity contribution in [2.45, 2.75) is 44.7 Å². The topological polar surface area (TPSA) is 68.2 Å². The first-order valence-electron chi connectivity index (χ1n) is 10.7. The van der Waals surface area contributed by atoms with Gasteiger partial charge in [0.05, 0.1) is 21.7 Å². The molecule has 0 bridgehead atoms. The van der Waals surface area contributed by atoms with Crippen molar-refractivity contribution in [1.29, 1.82) is 0 Å². The summed E-state index contributed by atoms with van der Waals surface area (Å²) in [7, 11) is -3.78. The van der Waals surface area contributed by atoms with Gasteiger partial charge in [-0.3, -0.25) is 9.36 Å². The van der Waals surface area contributed by atoms with Gasteiger partial charge in [0.25, 0.3) is 0 Å². The molecular formula is C25H25ClN2O3S2. The van der Waals surface area contributed by atoms with Gasteiger partial charge < -0.3 is 0 Å². The number of sulfonamides is 1. The average molecular weight is 501 g/mol. The highest BCUT2D eigenvalue weighted by Crippen LogP contribution is 2.27. The zero-order valence-electron chi connectivity index (χ0n) is 18.6. The number of nitrogens with zero attached hydrogens (tertiary/aromatic N) is 1. The van der Waals surface area contributed by atoms with Crippen molar-refractivity contribution in [3.8, 4) is 0 Å². The monoisotopic (exact) mass is 500 g/mol. The zero-order valence-corrected chi connectivity index (χ0v) is 21.0. The van der Waals surface area contributed by atoms with Crippen LogP contribution in [0.2, 0.25) is 5.02 Å². The number of aryl methyl sites for hydroxylation is 2. The summed E-state index contributed by atoms with van der Waals surface area (Å²) in [6, 6.07) is 17.9. The Morgan fingerprint density at radius 2 is 1.82 bits per heavy atom. The van der Waals surface area contributed by atoms with Gasteiger partial charge in [0.1, 0.15) is 0 Å². The number of halogens is 1. The van der Waals surface area contributed by atoms with E-state index in [-0.39, 0.29) is 15.8 Å². The van der Waals surface area contributed by atoms with Gasteiger partial charge in [0, 0.05) is 11.1 Å². The lowest BCUT2D eigenvalue weighted by atomic mass is 9.98. The van der Waals surface area contributed by atoms with E-state index in [2.05, 4.69) is 10.8 Å². The second kappa shape index (κ2) is 9.43. The van der Waals surface area contributed by atoms with E-state index in [4.69, 9.17) is 11.6 Å². The molecule has 0 saturated carbocycles. The smallest absolute Gasteiger partial charge is 0.294 e. The van der Waals surface area contributed by atoms with Crippen molar-refractivity contribution in [3.05, 3.63) is 97.6 Å². The number of aromatic nitrogens is 1. The van der Waals surface area contributed by atoms with Gasteiger partial charge in [0.15, 0.2) is 0 Å². The van der Waals surface area contributed by atoms with Gasteiger partial charge in [-0.05, 0) is 61.2 Å². The van der Waals surface area contributed by atoms with Crippen LogP contribution in [0.5, 0.6) is 0 Å². The summed E-state index contributed by atoms with van der Waals surface area (Å²) in [5.41, 5.74) is 4.66. The van der Waals surface area contributed by atoms with Gasteiger partial charge in [0.2, 0.25) is 10.0 Å². The molecule has 0 aliphatic rings. The van der Waals surface area contributed by atoms with Gasteiger partial charge in [-0.2, -0.15) is 0 Å². The molecule has 8 heteroatoms. The number of fused-ring (bicyclic) bond motifs is 1. The fourth-order valence-corrected chi connectivity index (χ4v) is 6.52. The van der Waals surface area contributed by atoms with Crippen molar-refractivity contribution >= 4 is 43.2 Å². The molecule has 0 spiro atoms. The molecule has 1 unspecified atom stereocenters. The van der Waals surface area contributed by atoms with Crippen molar-refractivity contribution in [2.24, 2.45) is 0 Å². The van der Waals surface area contributed by atoms with Crippen LogP contribution in [0.3, 0.4) is 0 Å². The summed E-state index contributed by atoms with van der Waals surface area (Å²) in [4.78, 5) is 12.6. The molecule has 172 valence electrons. The minimum Gasteiger partial charge on any atom is -0.294 e. The fourth-order valence-electron chi connectivity index (χ4n) is 4.00. The number of nitrogens with one attached hydrogen (secondary N) is 1. The summed E-state index contributed by atoms with van der Waals surface area (Å²) in [5.74, 6) is 0. The minimum absolute atomic E-state index is 0.143. The first-order chi connectivity index (χ1) is 15.7. The standard InChI is InChI=1S/C25H25ClN2O3S2/c1-4-22(20-11-9-16(2)13-17(20)3)27-33(30,31)19-10-12-23-24(14-19)32-25(29)28(23)15-18-7-5-6-8-21(18)26/h5-14,22,27H,4,15H2,1-3H3. The first-order valence-corrected chi connectivity index (χ1v) is 13.3. The molecule has 33 heavy (non-hydrogen) atoms. The van der Waals surface area contributed by atoms with E-state index in [0.29, 0.717) is 28.2 Å². The molecular weight excluding hydrogens is 476 g/mol. The number of thiazole rings is 1. The largest absolute Gasteiger partial charge is 0.308 e. The zero-order chi connectivity index (χ0) is 23.8. The Bertz CT molecular complexity index is 1490. The molecule has 1 heterocycles. The van der Waals surface area contributed by atoms with Crippen LogP contribution in [0.1, 0.15) is 41.6 Å². The number of benzene rings is 3. The molecule has 4 aromatic rings. The van der Waals surface area contributed by atoms with Crippen molar-refractivity contribution in [3.63, 3.8) is 0 Å². The van der Waals surface area contributed by atoms with Crippen molar-refractivity contribution in [1.82, 2.24) is 9.29 Å². The quantitative estimate of drug-likeness (QED) is 0.348. The van der Waals surface area contributed by atoms with E-state index in [1.54, 1.807) is 28.8 Å². The molecule has 1 atom stereocenters. The lowest BCUT2D eigenvalue weighted by Gasteiger charge is -2.20. The molecule has 0 fully saturated rings. The second-order valence-corrected chi connectivity index (χ2v) is 11.2. The van der Waals surface area contributed by atoms with Crippen molar-refractivity contribution < 1.29 is 8.42 Å². The van der Waals surface area contributed by atoms with Crippen LogP contribution in [0.15, 0.2) is 70.4 Å². The maximum atomic E-state index is 13.2. The molecule has 0 saturated heterocycles. The third kappa shape index (κ3) is 4.92. The van der Waals surface area contributed by atoms with Crippen LogP contribution in [-0.4, -0.2) is 13.0 Å². The number of rotatable bonds is 7. The van der Waals surface area contributed by atoms with Crippen LogP contribution >= 0.6 is 22.9 Å². The van der Waals surface area contributed by atoms with Crippen LogP contribution < -0.4 is 9.60 Å². The van der Waals surface area contributed by atoms with E-state index >= 15 is 0 Å². The van der Waals surface area contributed by atoms with Crippen molar-refractivity contribution in [2.75, 3.05) is 0 Å². The summed E-state index contributed by atoms with van der Waals surface area (Å²) < 4.78 is 31.5. The molecule has 4 rings (SSSR count). The summed E-state index contributed by atoms with van der Waals surface area (Å²) in [6.07, 6.45) is 0.618. The van der Waals surface area contributed by atoms with E-state index in [0.717, 1.165) is 33.6 Å². The maximum absolute atomic E-state index is 13.2. The molecule has 0 amide bonds. The van der Waals surface area contributed by atoms with Crippen LogP contribution in [0.25, 0.3) is 10.2 Å². The highest BCUT2D eigenvalue weighted by Gasteiger charge is 2.22. The number of hydrogen-bond acceptors (Lipinski definition) is 4. The van der Waals surface area contributed by atoms with Gasteiger partial charge >= 0.3 is 4.87 Å². The first kappa shape index (κ1) is 23.7. The minimum atomic E-state index is -3.78. The van der Waals surface area contributed by atoms with E-state index in [1.807, 2.05) is 51.1 Å². The fraction of sp³-hybridized carbons (Fsp3) is 0.240. The number of hydrogen-bond donors (Lipinski definition) is 1. The molecule has 0 aliphatic heterocycles. The van der Waals surface area contributed by atoms with Crippen LogP contribution in [0.4, 0.5) is 0 Å². The highest BCUT2D eigenvalue weighted by molar-refractivity contribution is 7.89. The maximum Gasteiger partial charge on any atom is 0.308 e. The molecule has 0 radical (unpaired) electrons. The summed E-state index contributed by atoms with van der Waals surface area (Å²) in [5, 5.41) is 0.587. The Kier molecular flexibility index (Phi) is 6.77. The predicted octanol–water partition coefficient (Wildman–Crippen LogP) is 5.81. The molecule has 1 aromatic heterocycles. The molecule has 1 N–H and O–H groups in total. The SMILES string of the molecule is CCC(NS(=O)(=O)c1ccc2c(c1)sc(=O)n2Cc1ccccc1Cl)c1ccc(C)cc1C. The normalized spacial score (nSPS) is 12.8. The Morgan fingerprint density at radius 1 is 1.06 bits per heavy atom. The molecule has 5 nitrogen and oxygen atoms in total. The Labute approximate surface area is 202 Å². The lowest BCUT2D eigenvalue weighted by molar-refractivity contribution is 0.549. The van der Waals surface area contributed by atoms with E-state index < -0.39 is 10.0 Å². The van der Waals surface area contributed by atoms with E-state index in [1.165, 1.54) is 0 Å². The molecule has 3 aromatic carbocycles. The summed E-state index contributed by atoms with van der Waals surface area (Å²) >= 11 is 7.29.